The van der Waals surface area contributed by atoms with Gasteiger partial charge in [0, 0.05) is 50.5 Å². The summed E-state index contributed by atoms with van der Waals surface area (Å²) < 4.78 is 14.5. The first-order valence-corrected chi connectivity index (χ1v) is 14.9. The number of carbonyl (C=O) groups excluding carboxylic acids is 2. The maximum absolute atomic E-state index is 14.5. The first kappa shape index (κ1) is 25.5. The van der Waals surface area contributed by atoms with Crippen molar-refractivity contribution in [2.75, 3.05) is 46.3 Å². The second-order valence-electron chi connectivity index (χ2n) is 13.0. The SMILES string of the molecule is CN1CCC(N2CCN(C(=O)CC[C@@H]3CC(=O)[C@@]4(C)CCC5c6cccc(F)c6CCC5C34)CC2)CC1. The van der Waals surface area contributed by atoms with Crippen molar-refractivity contribution < 1.29 is 14.0 Å². The summed E-state index contributed by atoms with van der Waals surface area (Å²) in [5, 5.41) is 0. The van der Waals surface area contributed by atoms with Crippen molar-refractivity contribution in [2.45, 2.75) is 76.7 Å². The van der Waals surface area contributed by atoms with Crippen LogP contribution in [-0.4, -0.2) is 78.7 Å². The molecule has 0 bridgehead atoms. The van der Waals surface area contributed by atoms with Gasteiger partial charge < -0.3 is 9.80 Å². The molecule has 2 heterocycles. The lowest BCUT2D eigenvalue weighted by Crippen LogP contribution is -2.54. The van der Waals surface area contributed by atoms with Crippen LogP contribution in [0.2, 0.25) is 0 Å². The van der Waals surface area contributed by atoms with E-state index in [1.54, 1.807) is 6.07 Å². The molecule has 0 spiro atoms. The van der Waals surface area contributed by atoms with E-state index in [0.29, 0.717) is 42.4 Å². The molecule has 2 saturated carbocycles. The zero-order chi connectivity index (χ0) is 25.7. The summed E-state index contributed by atoms with van der Waals surface area (Å²) in [6, 6.07) is 6.24. The number of carbonyl (C=O) groups is 2. The van der Waals surface area contributed by atoms with Gasteiger partial charge in [-0.3, -0.25) is 14.5 Å². The third-order valence-electron chi connectivity index (χ3n) is 11.2. The summed E-state index contributed by atoms with van der Waals surface area (Å²) in [6.45, 7) is 8.19. The number of hydrogen-bond acceptors (Lipinski definition) is 4. The Morgan fingerprint density at radius 3 is 2.57 bits per heavy atom. The van der Waals surface area contributed by atoms with Gasteiger partial charge in [0.2, 0.25) is 5.91 Å². The van der Waals surface area contributed by atoms with Gasteiger partial charge in [-0.25, -0.2) is 4.39 Å². The molecule has 202 valence electrons. The van der Waals surface area contributed by atoms with Crippen LogP contribution in [0, 0.1) is 29.0 Å². The quantitative estimate of drug-likeness (QED) is 0.600. The molecule has 0 radical (unpaired) electrons. The Balaban J connectivity index is 1.08. The Morgan fingerprint density at radius 2 is 1.81 bits per heavy atom. The zero-order valence-electron chi connectivity index (χ0n) is 22.8. The van der Waals surface area contributed by atoms with E-state index in [1.807, 2.05) is 6.07 Å². The molecule has 2 saturated heterocycles. The normalized spacial score (nSPS) is 35.2. The number of likely N-dealkylation sites (tertiary alicyclic amines) is 1. The van der Waals surface area contributed by atoms with Crippen LogP contribution < -0.4 is 0 Å². The highest BCUT2D eigenvalue weighted by atomic mass is 19.1. The fourth-order valence-electron chi connectivity index (χ4n) is 9.06. The van der Waals surface area contributed by atoms with Crippen LogP contribution in [0.5, 0.6) is 0 Å². The van der Waals surface area contributed by atoms with Crippen LogP contribution in [-0.2, 0) is 16.0 Å². The largest absolute Gasteiger partial charge is 0.340 e. The number of amides is 1. The van der Waals surface area contributed by atoms with Gasteiger partial charge in [0.15, 0.2) is 0 Å². The molecule has 1 aromatic carbocycles. The molecule has 5 nitrogen and oxygen atoms in total. The van der Waals surface area contributed by atoms with E-state index in [-0.39, 0.29) is 23.1 Å². The van der Waals surface area contributed by atoms with Crippen LogP contribution in [0.15, 0.2) is 18.2 Å². The van der Waals surface area contributed by atoms with E-state index in [4.69, 9.17) is 0 Å². The van der Waals surface area contributed by atoms with Gasteiger partial charge in [0.25, 0.3) is 0 Å². The Kier molecular flexibility index (Phi) is 6.94. The van der Waals surface area contributed by atoms with Crippen LogP contribution >= 0.6 is 0 Å². The van der Waals surface area contributed by atoms with Crippen molar-refractivity contribution in [1.82, 2.24) is 14.7 Å². The predicted molar refractivity (Wildman–Crippen MR) is 143 cm³/mol. The third kappa shape index (κ3) is 4.56. The van der Waals surface area contributed by atoms with Crippen molar-refractivity contribution in [3.05, 3.63) is 35.1 Å². The first-order chi connectivity index (χ1) is 17.8. The molecule has 4 fully saturated rings. The molecule has 6 rings (SSSR count). The van der Waals surface area contributed by atoms with Crippen molar-refractivity contribution in [1.29, 1.82) is 0 Å². The summed E-state index contributed by atoms with van der Waals surface area (Å²) in [7, 11) is 2.20. The maximum Gasteiger partial charge on any atom is 0.222 e. The summed E-state index contributed by atoms with van der Waals surface area (Å²) in [5.74, 6) is 2.00. The number of fused-ring (bicyclic) bond motifs is 5. The highest BCUT2D eigenvalue weighted by Crippen LogP contribution is 2.62. The molecule has 37 heavy (non-hydrogen) atoms. The molecule has 0 aromatic heterocycles. The average Bonchev–Trinajstić information content (AvgIpc) is 3.17. The van der Waals surface area contributed by atoms with Gasteiger partial charge in [-0.15, -0.1) is 0 Å². The average molecular weight is 510 g/mol. The number of piperidine rings is 1. The summed E-state index contributed by atoms with van der Waals surface area (Å²) in [4.78, 5) is 33.6. The molecule has 5 aliphatic rings. The van der Waals surface area contributed by atoms with Crippen molar-refractivity contribution in [3.8, 4) is 0 Å². The van der Waals surface area contributed by atoms with Crippen molar-refractivity contribution >= 4 is 11.7 Å². The molecule has 1 amide bonds. The fourth-order valence-corrected chi connectivity index (χ4v) is 9.06. The van der Waals surface area contributed by atoms with Gasteiger partial charge >= 0.3 is 0 Å². The molecular formula is C31H44FN3O2. The molecule has 2 aliphatic heterocycles. The fraction of sp³-hybridized carbons (Fsp3) is 0.742. The van der Waals surface area contributed by atoms with Gasteiger partial charge in [-0.05, 0) is 106 Å². The number of piperazine rings is 1. The third-order valence-corrected chi connectivity index (χ3v) is 11.2. The molecule has 1 aromatic rings. The van der Waals surface area contributed by atoms with Gasteiger partial charge in [-0.2, -0.15) is 0 Å². The topological polar surface area (TPSA) is 43.9 Å². The van der Waals surface area contributed by atoms with Gasteiger partial charge in [0.1, 0.15) is 11.6 Å². The number of nitrogens with zero attached hydrogens (tertiary/aromatic N) is 3. The van der Waals surface area contributed by atoms with E-state index in [1.165, 1.54) is 31.5 Å². The number of rotatable bonds is 4. The lowest BCUT2D eigenvalue weighted by atomic mass is 9.54. The Labute approximate surface area is 221 Å². The van der Waals surface area contributed by atoms with Crippen molar-refractivity contribution in [2.24, 2.45) is 23.2 Å². The number of hydrogen-bond donors (Lipinski definition) is 0. The summed E-state index contributed by atoms with van der Waals surface area (Å²) >= 11 is 0. The smallest absolute Gasteiger partial charge is 0.222 e. The number of benzene rings is 1. The molecule has 3 unspecified atom stereocenters. The van der Waals surface area contributed by atoms with E-state index in [2.05, 4.69) is 34.7 Å². The van der Waals surface area contributed by atoms with E-state index < -0.39 is 0 Å². The minimum atomic E-state index is -0.264. The lowest BCUT2D eigenvalue weighted by molar-refractivity contribution is -0.134. The first-order valence-electron chi connectivity index (χ1n) is 14.9. The monoisotopic (exact) mass is 509 g/mol. The summed E-state index contributed by atoms with van der Waals surface area (Å²) in [6.07, 6.45) is 8.09. The van der Waals surface area contributed by atoms with Crippen LogP contribution in [0.3, 0.4) is 0 Å². The van der Waals surface area contributed by atoms with Gasteiger partial charge in [0.05, 0.1) is 0 Å². The Bertz CT molecular complexity index is 1030. The van der Waals surface area contributed by atoms with Crippen molar-refractivity contribution in [3.63, 3.8) is 0 Å². The zero-order valence-corrected chi connectivity index (χ0v) is 22.8. The second kappa shape index (κ2) is 10.1. The van der Waals surface area contributed by atoms with Gasteiger partial charge in [-0.1, -0.05) is 19.1 Å². The molecule has 6 heteroatoms. The highest BCUT2D eigenvalue weighted by Gasteiger charge is 2.58. The van der Waals surface area contributed by atoms with E-state index in [0.717, 1.165) is 63.8 Å². The van der Waals surface area contributed by atoms with Crippen LogP contribution in [0.4, 0.5) is 4.39 Å². The van der Waals surface area contributed by atoms with Crippen LogP contribution in [0.25, 0.3) is 0 Å². The van der Waals surface area contributed by atoms with Crippen LogP contribution in [0.1, 0.15) is 75.3 Å². The lowest BCUT2D eigenvalue weighted by Gasteiger charge is -2.50. The summed E-state index contributed by atoms with van der Waals surface area (Å²) in [5.41, 5.74) is 1.83. The Morgan fingerprint density at radius 1 is 1.05 bits per heavy atom. The number of halogens is 1. The minimum absolute atomic E-state index is 0.0650. The highest BCUT2D eigenvalue weighted by molar-refractivity contribution is 5.88. The molecule has 0 N–H and O–H groups in total. The van der Waals surface area contributed by atoms with E-state index in [9.17, 15) is 14.0 Å². The number of Topliss-reactive ketones (excluding diaryl/α,β-unsaturated/α-hetero) is 1. The van der Waals surface area contributed by atoms with E-state index >= 15 is 0 Å². The minimum Gasteiger partial charge on any atom is -0.340 e. The Hall–Kier alpha value is -1.79. The second-order valence-corrected chi connectivity index (χ2v) is 13.0. The predicted octanol–water partition coefficient (Wildman–Crippen LogP) is 4.50. The number of ketones is 1. The molecular weight excluding hydrogens is 465 g/mol. The standard InChI is InChI=1S/C31H44FN3O2/c1-31-13-10-24-23-4-3-5-27(32)25(23)7-8-26(24)30(31)21(20-28(31)36)6-9-29(37)35-18-16-34(17-19-35)22-11-14-33(2)15-12-22/h3-5,21-22,24,26,30H,6-20H2,1-2H3/t21-,24?,26?,30?,31-/m1/s1. The molecule has 5 atom stereocenters. The maximum atomic E-state index is 14.5. The molecule has 3 aliphatic carbocycles.